The zero-order valence-corrected chi connectivity index (χ0v) is 7.22. The quantitative estimate of drug-likeness (QED) is 0.455. The number of fused-ring (bicyclic) bond motifs is 1. The number of hydrogen-bond acceptors (Lipinski definition) is 3. The summed E-state index contributed by atoms with van der Waals surface area (Å²) in [6.45, 7) is 0. The highest BCUT2D eigenvalue weighted by Crippen LogP contribution is 2.26. The highest BCUT2D eigenvalue weighted by atomic mass is 32.1. The number of benzene rings is 1. The Labute approximate surface area is 77.3 Å². The maximum Gasteiger partial charge on any atom is 0.269 e. The van der Waals surface area contributed by atoms with Gasteiger partial charge in [-0.1, -0.05) is 0 Å². The average Bonchev–Trinajstić information content (AvgIpc) is 2.40. The molecule has 0 bridgehead atoms. The van der Waals surface area contributed by atoms with E-state index in [9.17, 15) is 9.00 Å². The van der Waals surface area contributed by atoms with Crippen molar-refractivity contribution in [3.8, 4) is 5.75 Å². The van der Waals surface area contributed by atoms with Gasteiger partial charge in [-0.2, -0.15) is 0 Å². The normalized spacial score (nSPS) is 13.8. The van der Waals surface area contributed by atoms with Crippen molar-refractivity contribution in [1.82, 2.24) is 0 Å². The molecule has 0 spiro atoms. The van der Waals surface area contributed by atoms with E-state index in [1.165, 1.54) is 12.1 Å². The summed E-state index contributed by atoms with van der Waals surface area (Å²) in [4.78, 5) is 11.2. The van der Waals surface area contributed by atoms with Crippen LogP contribution in [0.1, 0.15) is 5.56 Å². The molecule has 1 aliphatic rings. The number of amides is 1. The van der Waals surface area contributed by atoms with Crippen LogP contribution in [0, 0.1) is 0 Å². The second-order valence-corrected chi connectivity index (χ2v) is 3.17. The maximum atomic E-state index is 11.1. The van der Waals surface area contributed by atoms with Crippen molar-refractivity contribution < 1.29 is 14.1 Å². The highest BCUT2D eigenvalue weighted by molar-refractivity contribution is 7.69. The Morgan fingerprint density at radius 1 is 1.38 bits per heavy atom. The first-order chi connectivity index (χ1) is 6.22. The molecule has 5 heteroatoms. The zero-order valence-electron chi connectivity index (χ0n) is 6.40. The number of phenols is 1. The molecule has 0 atom stereocenters. The SMILES string of the molecule is O=S=C1C(=O)Nc2ccc(O)cc21. The molecule has 2 rings (SSSR count). The fraction of sp³-hybridized carbons (Fsp3) is 0. The summed E-state index contributed by atoms with van der Waals surface area (Å²) in [6, 6.07) is 4.41. The lowest BCUT2D eigenvalue weighted by atomic mass is 10.1. The van der Waals surface area contributed by atoms with E-state index < -0.39 is 5.91 Å². The largest absolute Gasteiger partial charge is 0.508 e. The van der Waals surface area contributed by atoms with E-state index in [4.69, 9.17) is 5.11 Å². The fourth-order valence-corrected chi connectivity index (χ4v) is 1.60. The molecule has 0 aromatic heterocycles. The minimum absolute atomic E-state index is 0.0433. The van der Waals surface area contributed by atoms with Crippen molar-refractivity contribution >= 4 is 27.7 Å². The summed E-state index contributed by atoms with van der Waals surface area (Å²) in [5, 5.41) is 11.6. The first-order valence-corrected chi connectivity index (χ1v) is 4.28. The van der Waals surface area contributed by atoms with E-state index in [2.05, 4.69) is 5.32 Å². The maximum absolute atomic E-state index is 11.1. The molecule has 0 unspecified atom stereocenters. The molecular formula is C8H5NO3S. The Bertz CT molecular complexity index is 449. The number of carbonyl (C=O) groups is 1. The van der Waals surface area contributed by atoms with Gasteiger partial charge in [-0.3, -0.25) is 4.79 Å². The van der Waals surface area contributed by atoms with Crippen LogP contribution in [-0.4, -0.2) is 20.1 Å². The molecule has 1 aromatic carbocycles. The number of carbonyl (C=O) groups excluding carboxylic acids is 1. The monoisotopic (exact) mass is 195 g/mol. The van der Waals surface area contributed by atoms with E-state index >= 15 is 0 Å². The van der Waals surface area contributed by atoms with Crippen molar-refractivity contribution in [2.75, 3.05) is 5.32 Å². The first-order valence-electron chi connectivity index (χ1n) is 3.54. The second kappa shape index (κ2) is 2.70. The molecule has 1 heterocycles. The number of aromatic hydroxyl groups is 1. The van der Waals surface area contributed by atoms with Crippen LogP contribution in [0.25, 0.3) is 0 Å². The summed E-state index contributed by atoms with van der Waals surface area (Å²) in [6.07, 6.45) is 0. The summed E-state index contributed by atoms with van der Waals surface area (Å²) in [5.74, 6) is -0.359. The second-order valence-electron chi connectivity index (χ2n) is 2.60. The molecule has 1 amide bonds. The van der Waals surface area contributed by atoms with Crippen molar-refractivity contribution in [3.05, 3.63) is 23.8 Å². The Morgan fingerprint density at radius 2 is 2.15 bits per heavy atom. The number of phenolic OH excluding ortho intramolecular Hbond substituents is 1. The number of nitrogens with one attached hydrogen (secondary N) is 1. The lowest BCUT2D eigenvalue weighted by molar-refractivity contribution is -0.109. The first kappa shape index (κ1) is 8.00. The summed E-state index contributed by atoms with van der Waals surface area (Å²) in [7, 11) is 0. The van der Waals surface area contributed by atoms with Gasteiger partial charge in [0.25, 0.3) is 5.91 Å². The molecule has 2 N–H and O–H groups in total. The third-order valence-corrected chi connectivity index (χ3v) is 2.36. The van der Waals surface area contributed by atoms with E-state index in [0.29, 0.717) is 11.3 Å². The number of anilines is 1. The third kappa shape index (κ3) is 1.13. The smallest absolute Gasteiger partial charge is 0.269 e. The molecule has 66 valence electrons. The fourth-order valence-electron chi connectivity index (χ4n) is 1.21. The molecule has 0 radical (unpaired) electrons. The summed E-state index contributed by atoms with van der Waals surface area (Å²) in [5.41, 5.74) is 1.05. The van der Waals surface area contributed by atoms with Crippen LogP contribution in [0.4, 0.5) is 5.69 Å². The Kier molecular flexibility index (Phi) is 1.66. The highest BCUT2D eigenvalue weighted by Gasteiger charge is 2.25. The van der Waals surface area contributed by atoms with E-state index in [-0.39, 0.29) is 21.9 Å². The predicted molar refractivity (Wildman–Crippen MR) is 49.0 cm³/mol. The van der Waals surface area contributed by atoms with Crippen LogP contribution in [0.3, 0.4) is 0 Å². The van der Waals surface area contributed by atoms with Crippen LogP contribution in [0.15, 0.2) is 18.2 Å². The summed E-state index contributed by atoms with van der Waals surface area (Å²) >= 11 is 0.135. The van der Waals surface area contributed by atoms with Gasteiger partial charge in [0.15, 0.2) is 0 Å². The van der Waals surface area contributed by atoms with Gasteiger partial charge in [-0.05, 0) is 18.2 Å². The van der Waals surface area contributed by atoms with Crippen molar-refractivity contribution in [2.45, 2.75) is 0 Å². The van der Waals surface area contributed by atoms with Crippen LogP contribution < -0.4 is 5.32 Å². The number of hydrogen-bond donors (Lipinski definition) is 2. The van der Waals surface area contributed by atoms with E-state index in [1.54, 1.807) is 6.07 Å². The lowest BCUT2D eigenvalue weighted by Crippen LogP contribution is -2.13. The summed E-state index contributed by atoms with van der Waals surface area (Å²) < 4.78 is 10.6. The topological polar surface area (TPSA) is 66.4 Å². The van der Waals surface area contributed by atoms with Gasteiger partial charge in [-0.15, -0.1) is 0 Å². The predicted octanol–water partition coefficient (Wildman–Crippen LogP) is 0.0778. The molecule has 0 aliphatic carbocycles. The molecular weight excluding hydrogens is 190 g/mol. The minimum atomic E-state index is -0.402. The minimum Gasteiger partial charge on any atom is -0.508 e. The Balaban J connectivity index is 2.70. The van der Waals surface area contributed by atoms with Crippen LogP contribution in [-0.2, 0) is 16.1 Å². The lowest BCUT2D eigenvalue weighted by Gasteiger charge is -1.96. The average molecular weight is 195 g/mol. The zero-order chi connectivity index (χ0) is 9.42. The molecule has 0 fully saturated rings. The van der Waals surface area contributed by atoms with Gasteiger partial charge >= 0.3 is 0 Å². The molecule has 13 heavy (non-hydrogen) atoms. The standard InChI is InChI=1S/C8H5NO3S/c10-4-1-2-6-5(3-4)7(13-12)8(11)9-6/h1-3,10H,(H,9,11). The van der Waals surface area contributed by atoms with Crippen LogP contribution >= 0.6 is 0 Å². The van der Waals surface area contributed by atoms with Gasteiger partial charge < -0.3 is 10.4 Å². The van der Waals surface area contributed by atoms with E-state index in [0.717, 1.165) is 0 Å². The van der Waals surface area contributed by atoms with Gasteiger partial charge in [0.05, 0.1) is 5.69 Å². The van der Waals surface area contributed by atoms with Crippen LogP contribution in [0.2, 0.25) is 0 Å². The molecule has 0 saturated carbocycles. The van der Waals surface area contributed by atoms with Crippen LogP contribution in [0.5, 0.6) is 5.75 Å². The Hall–Kier alpha value is -1.62. The van der Waals surface area contributed by atoms with Crippen molar-refractivity contribution in [3.63, 3.8) is 0 Å². The molecule has 0 saturated heterocycles. The van der Waals surface area contributed by atoms with Gasteiger partial charge in [0.1, 0.15) is 21.9 Å². The third-order valence-electron chi connectivity index (χ3n) is 1.79. The van der Waals surface area contributed by atoms with Crippen molar-refractivity contribution in [1.29, 1.82) is 0 Å². The van der Waals surface area contributed by atoms with Gasteiger partial charge in [-0.25, -0.2) is 4.21 Å². The molecule has 1 aromatic rings. The van der Waals surface area contributed by atoms with Gasteiger partial charge in [0, 0.05) is 5.56 Å². The molecule has 1 aliphatic heterocycles. The van der Waals surface area contributed by atoms with Crippen molar-refractivity contribution in [2.24, 2.45) is 0 Å². The van der Waals surface area contributed by atoms with Gasteiger partial charge in [0.2, 0.25) is 0 Å². The molecule has 4 nitrogen and oxygen atoms in total. The number of rotatable bonds is 0. The van der Waals surface area contributed by atoms with E-state index in [1.807, 2.05) is 0 Å². The Morgan fingerprint density at radius 3 is 2.85 bits per heavy atom.